The van der Waals surface area contributed by atoms with Crippen molar-refractivity contribution in [3.8, 4) is 0 Å². The number of rotatable bonds is 5. The van der Waals surface area contributed by atoms with Gasteiger partial charge in [0.15, 0.2) is 21.3 Å². The highest BCUT2D eigenvalue weighted by Gasteiger charge is 2.18. The highest BCUT2D eigenvalue weighted by Crippen LogP contribution is 2.22. The average Bonchev–Trinajstić information content (AvgIpc) is 3.03. The van der Waals surface area contributed by atoms with Crippen LogP contribution in [0, 0.1) is 20.8 Å². The average molecular weight is 367 g/mol. The van der Waals surface area contributed by atoms with E-state index in [-0.39, 0.29) is 5.75 Å². The number of fused-ring (bicyclic) bond motifs is 1. The third-order valence-electron chi connectivity index (χ3n) is 4.03. The van der Waals surface area contributed by atoms with Gasteiger partial charge in [0, 0.05) is 6.42 Å². The predicted octanol–water partition coefficient (Wildman–Crippen LogP) is 3.04. The predicted molar refractivity (Wildman–Crippen MR) is 93.4 cm³/mol. The molecule has 1 N–H and O–H groups in total. The Bertz CT molecular complexity index is 1000. The van der Waals surface area contributed by atoms with Crippen LogP contribution in [0.15, 0.2) is 23.1 Å². The summed E-state index contributed by atoms with van der Waals surface area (Å²) in [6.07, 6.45) is 0.966. The van der Waals surface area contributed by atoms with Gasteiger partial charge in [-0.05, 0) is 44.4 Å². The zero-order valence-electron chi connectivity index (χ0n) is 13.8. The van der Waals surface area contributed by atoms with E-state index in [1.807, 2.05) is 32.9 Å². The number of aryl methyl sites for hydroxylation is 4. The molecule has 0 bridgehead atoms. The maximum Gasteiger partial charge on any atom is 0.196 e. The normalized spacial score (nSPS) is 12.2. The lowest BCUT2D eigenvalue weighted by atomic mass is 10.2. The van der Waals surface area contributed by atoms with Gasteiger partial charge in [-0.3, -0.25) is 5.10 Å². The molecule has 0 aliphatic heterocycles. The Balaban J connectivity index is 1.75. The van der Waals surface area contributed by atoms with Crippen LogP contribution in [-0.2, 0) is 16.3 Å². The molecule has 0 unspecified atom stereocenters. The minimum Gasteiger partial charge on any atom is -0.294 e. The minimum atomic E-state index is -3.32. The minimum absolute atomic E-state index is 0.0691. The third-order valence-corrected chi connectivity index (χ3v) is 6.42. The highest BCUT2D eigenvalue weighted by atomic mass is 35.5. The molecule has 0 saturated carbocycles. The van der Waals surface area contributed by atoms with Crippen LogP contribution in [0.5, 0.6) is 0 Å². The van der Waals surface area contributed by atoms with E-state index in [9.17, 15) is 8.42 Å². The lowest BCUT2D eigenvalue weighted by Crippen LogP contribution is -2.10. The first kappa shape index (κ1) is 17.0. The Hall–Kier alpha value is -1.86. The number of aromatic amines is 1. The van der Waals surface area contributed by atoms with E-state index in [1.54, 1.807) is 10.6 Å². The van der Waals surface area contributed by atoms with E-state index in [4.69, 9.17) is 11.6 Å². The Morgan fingerprint density at radius 2 is 1.96 bits per heavy atom. The molecule has 8 heteroatoms. The largest absolute Gasteiger partial charge is 0.294 e. The van der Waals surface area contributed by atoms with Gasteiger partial charge in [0.1, 0.15) is 5.02 Å². The van der Waals surface area contributed by atoms with Crippen molar-refractivity contribution in [2.45, 2.75) is 38.5 Å². The second-order valence-corrected chi connectivity index (χ2v) is 8.47. The van der Waals surface area contributed by atoms with Gasteiger partial charge >= 0.3 is 0 Å². The molecule has 0 atom stereocenters. The quantitative estimate of drug-likeness (QED) is 0.752. The second-order valence-electron chi connectivity index (χ2n) is 6.02. The molecule has 6 nitrogen and oxygen atoms in total. The van der Waals surface area contributed by atoms with Gasteiger partial charge in [0.2, 0.25) is 0 Å². The van der Waals surface area contributed by atoms with Gasteiger partial charge in [0.05, 0.1) is 16.3 Å². The molecule has 128 valence electrons. The lowest BCUT2D eigenvalue weighted by molar-refractivity contribution is 0.591. The van der Waals surface area contributed by atoms with E-state index in [2.05, 4.69) is 15.3 Å². The Labute approximate surface area is 145 Å². The smallest absolute Gasteiger partial charge is 0.196 e. The van der Waals surface area contributed by atoms with Crippen molar-refractivity contribution in [1.29, 1.82) is 0 Å². The SMILES string of the molecule is Cc1ccc(C)c(S(=O)(=O)CCCc2nnc3c(Cl)c(C)[nH]n23)c1. The summed E-state index contributed by atoms with van der Waals surface area (Å²) in [5.74, 6) is 0.746. The first-order valence-corrected chi connectivity index (χ1v) is 9.70. The Kier molecular flexibility index (Phi) is 4.40. The summed E-state index contributed by atoms with van der Waals surface area (Å²) >= 11 is 6.12. The Morgan fingerprint density at radius 3 is 2.71 bits per heavy atom. The van der Waals surface area contributed by atoms with Crippen molar-refractivity contribution in [2.24, 2.45) is 0 Å². The van der Waals surface area contributed by atoms with E-state index < -0.39 is 9.84 Å². The molecule has 0 fully saturated rings. The summed E-state index contributed by atoms with van der Waals surface area (Å²) < 4.78 is 26.9. The molecule has 0 spiro atoms. The summed E-state index contributed by atoms with van der Waals surface area (Å²) in [6, 6.07) is 5.49. The van der Waals surface area contributed by atoms with Crippen molar-refractivity contribution in [3.05, 3.63) is 45.9 Å². The standard InChI is InChI=1S/C16H19ClN4O2S/c1-10-6-7-11(2)13(9-10)24(22,23)8-4-5-14-18-19-16-15(17)12(3)20-21(14)16/h6-7,9,20H,4-5,8H2,1-3H3. The molecule has 3 aromatic rings. The summed E-state index contributed by atoms with van der Waals surface area (Å²) in [6.45, 7) is 5.56. The van der Waals surface area contributed by atoms with Crippen LogP contribution >= 0.6 is 11.6 Å². The zero-order valence-corrected chi connectivity index (χ0v) is 15.4. The molecule has 2 heterocycles. The number of benzene rings is 1. The maximum absolute atomic E-state index is 12.6. The summed E-state index contributed by atoms with van der Waals surface area (Å²) in [5.41, 5.74) is 3.10. The number of aromatic nitrogens is 4. The van der Waals surface area contributed by atoms with E-state index in [0.717, 1.165) is 16.8 Å². The van der Waals surface area contributed by atoms with Crippen molar-refractivity contribution in [2.75, 3.05) is 5.75 Å². The highest BCUT2D eigenvalue weighted by molar-refractivity contribution is 7.91. The van der Waals surface area contributed by atoms with Gasteiger partial charge in [0.25, 0.3) is 0 Å². The van der Waals surface area contributed by atoms with E-state index in [0.29, 0.717) is 34.2 Å². The fourth-order valence-electron chi connectivity index (χ4n) is 2.70. The molecule has 2 aromatic heterocycles. The molecular formula is C16H19ClN4O2S. The van der Waals surface area contributed by atoms with Crippen molar-refractivity contribution >= 4 is 27.1 Å². The number of hydrogen-bond donors (Lipinski definition) is 1. The molecule has 0 aliphatic rings. The molecular weight excluding hydrogens is 348 g/mol. The fourth-order valence-corrected chi connectivity index (χ4v) is 4.53. The van der Waals surface area contributed by atoms with Crippen LogP contribution < -0.4 is 0 Å². The first-order valence-electron chi connectivity index (χ1n) is 7.67. The third kappa shape index (κ3) is 3.06. The topological polar surface area (TPSA) is 80.1 Å². The van der Waals surface area contributed by atoms with Gasteiger partial charge in [-0.1, -0.05) is 23.7 Å². The zero-order chi connectivity index (χ0) is 17.5. The van der Waals surface area contributed by atoms with Crippen LogP contribution in [0.25, 0.3) is 5.65 Å². The van der Waals surface area contributed by atoms with E-state index in [1.165, 1.54) is 0 Å². The fraction of sp³-hybridized carbons (Fsp3) is 0.375. The van der Waals surface area contributed by atoms with Crippen LogP contribution in [-0.4, -0.2) is 34.0 Å². The van der Waals surface area contributed by atoms with Crippen LogP contribution in [0.4, 0.5) is 0 Å². The van der Waals surface area contributed by atoms with E-state index >= 15 is 0 Å². The number of H-pyrrole nitrogens is 1. The van der Waals surface area contributed by atoms with Crippen LogP contribution in [0.2, 0.25) is 5.02 Å². The second kappa shape index (κ2) is 6.22. The van der Waals surface area contributed by atoms with Gasteiger partial charge in [-0.25, -0.2) is 12.9 Å². The molecule has 0 amide bonds. The summed E-state index contributed by atoms with van der Waals surface area (Å²) in [4.78, 5) is 0.410. The molecule has 0 saturated heterocycles. The number of halogens is 1. The van der Waals surface area contributed by atoms with Crippen molar-refractivity contribution < 1.29 is 8.42 Å². The Morgan fingerprint density at radius 1 is 1.21 bits per heavy atom. The summed E-state index contributed by atoms with van der Waals surface area (Å²) in [7, 11) is -3.32. The lowest BCUT2D eigenvalue weighted by Gasteiger charge is -2.08. The number of nitrogens with zero attached hydrogens (tertiary/aromatic N) is 3. The molecule has 24 heavy (non-hydrogen) atoms. The molecule has 0 aliphatic carbocycles. The molecule has 1 aromatic carbocycles. The molecule has 0 radical (unpaired) electrons. The monoisotopic (exact) mass is 366 g/mol. The maximum atomic E-state index is 12.6. The number of hydrogen-bond acceptors (Lipinski definition) is 4. The van der Waals surface area contributed by atoms with Gasteiger partial charge in [-0.2, -0.15) is 0 Å². The van der Waals surface area contributed by atoms with Gasteiger partial charge in [-0.15, -0.1) is 10.2 Å². The number of nitrogens with one attached hydrogen (secondary N) is 1. The summed E-state index contributed by atoms with van der Waals surface area (Å²) in [5, 5.41) is 11.7. The van der Waals surface area contributed by atoms with Crippen LogP contribution in [0.3, 0.4) is 0 Å². The van der Waals surface area contributed by atoms with Crippen molar-refractivity contribution in [3.63, 3.8) is 0 Å². The van der Waals surface area contributed by atoms with Gasteiger partial charge < -0.3 is 0 Å². The van der Waals surface area contributed by atoms with Crippen LogP contribution in [0.1, 0.15) is 29.1 Å². The first-order chi connectivity index (χ1) is 11.3. The van der Waals surface area contributed by atoms with Crippen molar-refractivity contribution in [1.82, 2.24) is 19.8 Å². The number of sulfone groups is 1. The molecule has 3 rings (SSSR count).